The third-order valence-corrected chi connectivity index (χ3v) is 5.42. The first-order valence-electron chi connectivity index (χ1n) is 8.24. The van der Waals surface area contributed by atoms with Crippen molar-refractivity contribution in [3.63, 3.8) is 0 Å². The van der Waals surface area contributed by atoms with E-state index in [1.807, 2.05) is 0 Å². The summed E-state index contributed by atoms with van der Waals surface area (Å²) in [6, 6.07) is 0.454. The second-order valence-corrected chi connectivity index (χ2v) is 7.50. The molecule has 20 heavy (non-hydrogen) atoms. The lowest BCUT2D eigenvalue weighted by atomic mass is 9.91. The van der Waals surface area contributed by atoms with Crippen LogP contribution in [-0.2, 0) is 4.79 Å². The number of carboxylic acids is 1. The topological polar surface area (TPSA) is 52.6 Å². The SMILES string of the molecule is CC(C)C1CCN(CC(NC2CC2)(C(=O)O)C2CC2)C1. The molecule has 2 saturated carbocycles. The number of nitrogens with zero attached hydrogens (tertiary/aromatic N) is 1. The Kier molecular flexibility index (Phi) is 3.80. The number of carbonyl (C=O) groups is 1. The van der Waals surface area contributed by atoms with E-state index < -0.39 is 11.5 Å². The van der Waals surface area contributed by atoms with Gasteiger partial charge in [0.1, 0.15) is 5.54 Å². The molecule has 0 amide bonds. The maximum absolute atomic E-state index is 12.0. The molecule has 0 aromatic carbocycles. The van der Waals surface area contributed by atoms with E-state index in [1.54, 1.807) is 0 Å². The van der Waals surface area contributed by atoms with E-state index in [0.29, 0.717) is 24.4 Å². The van der Waals surface area contributed by atoms with E-state index in [9.17, 15) is 9.90 Å². The Bertz CT molecular complexity index is 377. The van der Waals surface area contributed by atoms with Crippen molar-refractivity contribution in [3.8, 4) is 0 Å². The van der Waals surface area contributed by atoms with E-state index >= 15 is 0 Å². The summed E-state index contributed by atoms with van der Waals surface area (Å²) in [5.41, 5.74) is -0.674. The van der Waals surface area contributed by atoms with Gasteiger partial charge in [0.2, 0.25) is 0 Å². The molecule has 3 rings (SSSR count). The van der Waals surface area contributed by atoms with Crippen molar-refractivity contribution < 1.29 is 9.90 Å². The molecule has 1 heterocycles. The molecule has 2 atom stereocenters. The third-order valence-electron chi connectivity index (χ3n) is 5.42. The maximum Gasteiger partial charge on any atom is 0.325 e. The molecular formula is C16H28N2O2. The number of hydrogen-bond acceptors (Lipinski definition) is 3. The molecular weight excluding hydrogens is 252 g/mol. The molecule has 0 spiro atoms. The summed E-state index contributed by atoms with van der Waals surface area (Å²) in [6.07, 6.45) is 5.68. The van der Waals surface area contributed by atoms with Crippen molar-refractivity contribution >= 4 is 5.97 Å². The van der Waals surface area contributed by atoms with Gasteiger partial charge < -0.3 is 10.0 Å². The van der Waals surface area contributed by atoms with Crippen LogP contribution in [0.1, 0.15) is 46.0 Å². The molecule has 0 aromatic heterocycles. The van der Waals surface area contributed by atoms with Crippen molar-refractivity contribution in [3.05, 3.63) is 0 Å². The standard InChI is InChI=1S/C16H28N2O2/c1-11(2)12-7-8-18(9-12)10-16(15(19)20,13-3-4-13)17-14-5-6-14/h11-14,17H,3-10H2,1-2H3,(H,19,20). The van der Waals surface area contributed by atoms with Gasteiger partial charge in [0, 0.05) is 19.1 Å². The molecule has 4 nitrogen and oxygen atoms in total. The van der Waals surface area contributed by atoms with Crippen LogP contribution in [0.4, 0.5) is 0 Å². The Hall–Kier alpha value is -0.610. The molecule has 0 radical (unpaired) electrons. The summed E-state index contributed by atoms with van der Waals surface area (Å²) in [6.45, 7) is 7.40. The largest absolute Gasteiger partial charge is 0.480 e. The third kappa shape index (κ3) is 2.86. The number of likely N-dealkylation sites (tertiary alicyclic amines) is 1. The Morgan fingerprint density at radius 2 is 2.00 bits per heavy atom. The van der Waals surface area contributed by atoms with Crippen molar-refractivity contribution in [2.24, 2.45) is 17.8 Å². The van der Waals surface area contributed by atoms with Gasteiger partial charge in [-0.15, -0.1) is 0 Å². The zero-order valence-corrected chi connectivity index (χ0v) is 12.8. The van der Waals surface area contributed by atoms with Crippen molar-refractivity contribution in [2.75, 3.05) is 19.6 Å². The first kappa shape index (κ1) is 14.3. The fourth-order valence-corrected chi connectivity index (χ4v) is 3.67. The van der Waals surface area contributed by atoms with Crippen LogP contribution in [0.2, 0.25) is 0 Å². The minimum atomic E-state index is -0.674. The highest BCUT2D eigenvalue weighted by Gasteiger charge is 2.54. The predicted molar refractivity (Wildman–Crippen MR) is 78.6 cm³/mol. The van der Waals surface area contributed by atoms with Crippen molar-refractivity contribution in [2.45, 2.75) is 57.5 Å². The average Bonchev–Trinajstić information content (AvgIpc) is 3.28. The quantitative estimate of drug-likeness (QED) is 0.748. The zero-order valence-electron chi connectivity index (χ0n) is 12.8. The molecule has 2 N–H and O–H groups in total. The number of nitrogens with one attached hydrogen (secondary N) is 1. The Morgan fingerprint density at radius 1 is 1.30 bits per heavy atom. The van der Waals surface area contributed by atoms with Crippen molar-refractivity contribution in [1.82, 2.24) is 10.2 Å². The van der Waals surface area contributed by atoms with Crippen LogP contribution in [0.15, 0.2) is 0 Å². The van der Waals surface area contributed by atoms with Gasteiger partial charge in [-0.1, -0.05) is 13.8 Å². The minimum absolute atomic E-state index is 0.346. The van der Waals surface area contributed by atoms with Gasteiger partial charge in [-0.2, -0.15) is 0 Å². The normalized spacial score (nSPS) is 30.6. The highest BCUT2D eigenvalue weighted by atomic mass is 16.4. The summed E-state index contributed by atoms with van der Waals surface area (Å²) in [4.78, 5) is 14.4. The highest BCUT2D eigenvalue weighted by molar-refractivity contribution is 5.80. The lowest BCUT2D eigenvalue weighted by Crippen LogP contribution is -2.61. The zero-order chi connectivity index (χ0) is 14.3. The average molecular weight is 280 g/mol. The second kappa shape index (κ2) is 5.30. The smallest absolute Gasteiger partial charge is 0.325 e. The summed E-state index contributed by atoms with van der Waals surface area (Å²) in [7, 11) is 0. The lowest BCUT2D eigenvalue weighted by molar-refractivity contribution is -0.147. The van der Waals surface area contributed by atoms with Gasteiger partial charge in [-0.05, 0) is 56.4 Å². The van der Waals surface area contributed by atoms with E-state index in [0.717, 1.165) is 44.7 Å². The van der Waals surface area contributed by atoms with Gasteiger partial charge >= 0.3 is 5.97 Å². The summed E-state index contributed by atoms with van der Waals surface area (Å²) in [5, 5.41) is 13.4. The second-order valence-electron chi connectivity index (χ2n) is 7.50. The van der Waals surface area contributed by atoms with Gasteiger partial charge in [0.15, 0.2) is 0 Å². The van der Waals surface area contributed by atoms with Gasteiger partial charge in [-0.25, -0.2) is 0 Å². The fraction of sp³-hybridized carbons (Fsp3) is 0.938. The number of rotatable bonds is 7. The first-order valence-corrected chi connectivity index (χ1v) is 8.24. The number of hydrogen-bond donors (Lipinski definition) is 2. The van der Waals surface area contributed by atoms with Crippen LogP contribution in [0, 0.1) is 17.8 Å². The minimum Gasteiger partial charge on any atom is -0.480 e. The van der Waals surface area contributed by atoms with Crippen LogP contribution >= 0.6 is 0 Å². The monoisotopic (exact) mass is 280 g/mol. The van der Waals surface area contributed by atoms with Gasteiger partial charge in [0.05, 0.1) is 0 Å². The van der Waals surface area contributed by atoms with Crippen LogP contribution in [0.25, 0.3) is 0 Å². The van der Waals surface area contributed by atoms with E-state index in [1.165, 1.54) is 6.42 Å². The molecule has 4 heteroatoms. The van der Waals surface area contributed by atoms with Crippen molar-refractivity contribution in [1.29, 1.82) is 0 Å². The van der Waals surface area contributed by atoms with Gasteiger partial charge in [0.25, 0.3) is 0 Å². The summed E-state index contributed by atoms with van der Waals surface area (Å²) < 4.78 is 0. The first-order chi connectivity index (χ1) is 9.51. The fourth-order valence-electron chi connectivity index (χ4n) is 3.67. The maximum atomic E-state index is 12.0. The lowest BCUT2D eigenvalue weighted by Gasteiger charge is -2.35. The van der Waals surface area contributed by atoms with Crippen LogP contribution in [0.3, 0.4) is 0 Å². The van der Waals surface area contributed by atoms with E-state index in [4.69, 9.17) is 0 Å². The van der Waals surface area contributed by atoms with Crippen LogP contribution < -0.4 is 5.32 Å². The highest BCUT2D eigenvalue weighted by Crippen LogP contribution is 2.43. The van der Waals surface area contributed by atoms with E-state index in [2.05, 4.69) is 24.1 Å². The van der Waals surface area contributed by atoms with E-state index in [-0.39, 0.29) is 0 Å². The Morgan fingerprint density at radius 3 is 2.45 bits per heavy atom. The van der Waals surface area contributed by atoms with Crippen LogP contribution in [0.5, 0.6) is 0 Å². The molecule has 3 fully saturated rings. The number of aliphatic carboxylic acids is 1. The Labute approximate surface area is 121 Å². The molecule has 0 bridgehead atoms. The summed E-state index contributed by atoms with van der Waals surface area (Å²) >= 11 is 0. The van der Waals surface area contributed by atoms with Crippen LogP contribution in [-0.4, -0.2) is 47.2 Å². The molecule has 0 aromatic rings. The summed E-state index contributed by atoms with van der Waals surface area (Å²) in [5.74, 6) is 1.16. The number of carboxylic acid groups (broad SMARTS) is 1. The molecule has 2 aliphatic carbocycles. The molecule has 2 unspecified atom stereocenters. The van der Waals surface area contributed by atoms with Gasteiger partial charge in [-0.3, -0.25) is 10.1 Å². The Balaban J connectivity index is 1.68. The molecule has 114 valence electrons. The molecule has 1 saturated heterocycles. The predicted octanol–water partition coefficient (Wildman–Crippen LogP) is 1.95. The molecule has 3 aliphatic rings. The molecule has 1 aliphatic heterocycles.